The highest BCUT2D eigenvalue weighted by molar-refractivity contribution is 7.89. The summed E-state index contributed by atoms with van der Waals surface area (Å²) >= 11 is 0. The molecule has 1 aromatic carbocycles. The van der Waals surface area contributed by atoms with Gasteiger partial charge in [0.1, 0.15) is 0 Å². The van der Waals surface area contributed by atoms with Gasteiger partial charge in [0.05, 0.1) is 11.5 Å². The minimum absolute atomic E-state index is 0.133. The van der Waals surface area contributed by atoms with Crippen LogP contribution < -0.4 is 10.6 Å². The molecule has 0 spiro atoms. The number of carbonyl (C=O) groups is 1. The van der Waals surface area contributed by atoms with E-state index in [0.29, 0.717) is 25.4 Å². The number of amides is 2. The van der Waals surface area contributed by atoms with Crippen molar-refractivity contribution in [2.45, 2.75) is 30.3 Å². The second-order valence-corrected chi connectivity index (χ2v) is 8.45. The maximum absolute atomic E-state index is 12.9. The number of urea groups is 1. The fourth-order valence-corrected chi connectivity index (χ4v) is 4.87. The summed E-state index contributed by atoms with van der Waals surface area (Å²) in [4.78, 5) is 16.2. The molecule has 0 saturated carbocycles. The van der Waals surface area contributed by atoms with Crippen LogP contribution in [-0.2, 0) is 21.3 Å². The molecule has 0 radical (unpaired) electrons. The van der Waals surface area contributed by atoms with Gasteiger partial charge in [-0.05, 0) is 48.7 Å². The third-order valence-corrected chi connectivity index (χ3v) is 6.54. The summed E-state index contributed by atoms with van der Waals surface area (Å²) in [6, 6.07) is 9.33. The number of sulfonamides is 1. The van der Waals surface area contributed by atoms with Gasteiger partial charge in [0.15, 0.2) is 0 Å². The van der Waals surface area contributed by atoms with E-state index < -0.39 is 10.0 Å². The Morgan fingerprint density at radius 2 is 2.07 bits per heavy atom. The standard InChI is InChI=1S/C19H24N4O4S/c1-27-14-17-5-3-11-23(17)28(25,26)18-8-6-16(7-9-18)22-19(24)21-13-15-4-2-10-20-12-15/h2,4,6-10,12,17H,3,5,11,13-14H2,1H3,(H2,21,22,24)/t17-/m0/s1. The van der Waals surface area contributed by atoms with E-state index in [2.05, 4.69) is 15.6 Å². The third-order valence-electron chi connectivity index (χ3n) is 4.58. The number of aromatic nitrogens is 1. The van der Waals surface area contributed by atoms with Crippen molar-refractivity contribution in [2.24, 2.45) is 0 Å². The lowest BCUT2D eigenvalue weighted by atomic mass is 10.2. The van der Waals surface area contributed by atoms with Gasteiger partial charge in [-0.2, -0.15) is 4.31 Å². The van der Waals surface area contributed by atoms with E-state index in [1.54, 1.807) is 37.7 Å². The second kappa shape index (κ2) is 9.13. The Hall–Kier alpha value is -2.49. The summed E-state index contributed by atoms with van der Waals surface area (Å²) in [5.74, 6) is 0. The summed E-state index contributed by atoms with van der Waals surface area (Å²) in [5.41, 5.74) is 1.40. The van der Waals surface area contributed by atoms with E-state index in [9.17, 15) is 13.2 Å². The van der Waals surface area contributed by atoms with Crippen LogP contribution in [0, 0.1) is 0 Å². The average Bonchev–Trinajstić information content (AvgIpc) is 3.17. The largest absolute Gasteiger partial charge is 0.383 e. The molecule has 150 valence electrons. The molecule has 8 nitrogen and oxygen atoms in total. The van der Waals surface area contributed by atoms with Crippen molar-refractivity contribution >= 4 is 21.7 Å². The number of ether oxygens (including phenoxy) is 1. The van der Waals surface area contributed by atoms with Gasteiger partial charge < -0.3 is 15.4 Å². The highest BCUT2D eigenvalue weighted by Gasteiger charge is 2.35. The Kier molecular flexibility index (Phi) is 6.61. The lowest BCUT2D eigenvalue weighted by Gasteiger charge is -2.23. The molecular weight excluding hydrogens is 380 g/mol. The van der Waals surface area contributed by atoms with Crippen LogP contribution in [0.2, 0.25) is 0 Å². The molecule has 0 bridgehead atoms. The van der Waals surface area contributed by atoms with E-state index >= 15 is 0 Å². The number of hydrogen-bond acceptors (Lipinski definition) is 5. The summed E-state index contributed by atoms with van der Waals surface area (Å²) in [6.07, 6.45) is 4.96. The first-order chi connectivity index (χ1) is 13.5. The second-order valence-electron chi connectivity index (χ2n) is 6.56. The lowest BCUT2D eigenvalue weighted by Crippen LogP contribution is -2.38. The third kappa shape index (κ3) is 4.86. The molecule has 1 aliphatic heterocycles. The predicted octanol–water partition coefficient (Wildman–Crippen LogP) is 2.20. The van der Waals surface area contributed by atoms with Crippen LogP contribution in [0.25, 0.3) is 0 Å². The van der Waals surface area contributed by atoms with Crippen LogP contribution in [-0.4, -0.2) is 50.0 Å². The molecule has 2 N–H and O–H groups in total. The molecule has 28 heavy (non-hydrogen) atoms. The van der Waals surface area contributed by atoms with Crippen LogP contribution in [0.4, 0.5) is 10.5 Å². The summed E-state index contributed by atoms with van der Waals surface area (Å²) in [7, 11) is -2.01. The maximum Gasteiger partial charge on any atom is 0.319 e. The van der Waals surface area contributed by atoms with Crippen molar-refractivity contribution in [1.82, 2.24) is 14.6 Å². The van der Waals surface area contributed by atoms with Gasteiger partial charge >= 0.3 is 6.03 Å². The number of anilines is 1. The first kappa shape index (κ1) is 20.2. The SMILES string of the molecule is COC[C@@H]1CCCN1S(=O)(=O)c1ccc(NC(=O)NCc2cccnc2)cc1. The number of hydrogen-bond donors (Lipinski definition) is 2. The van der Waals surface area contributed by atoms with Gasteiger partial charge in [0.25, 0.3) is 0 Å². The first-order valence-electron chi connectivity index (χ1n) is 9.05. The molecule has 1 aromatic heterocycles. The van der Waals surface area contributed by atoms with Crippen LogP contribution in [0.3, 0.4) is 0 Å². The fourth-order valence-electron chi connectivity index (χ4n) is 3.19. The molecular formula is C19H24N4O4S. The average molecular weight is 404 g/mol. The molecule has 1 fully saturated rings. The zero-order valence-corrected chi connectivity index (χ0v) is 16.5. The fraction of sp³-hybridized carbons (Fsp3) is 0.368. The normalized spacial score (nSPS) is 17.4. The Balaban J connectivity index is 1.60. The molecule has 0 aliphatic carbocycles. The molecule has 0 unspecified atom stereocenters. The summed E-state index contributed by atoms with van der Waals surface area (Å²) in [6.45, 7) is 1.23. The molecule has 3 rings (SSSR count). The van der Waals surface area contributed by atoms with Crippen molar-refractivity contribution in [3.63, 3.8) is 0 Å². The molecule has 1 aliphatic rings. The molecule has 1 atom stereocenters. The Morgan fingerprint density at radius 1 is 1.29 bits per heavy atom. The number of benzene rings is 1. The van der Waals surface area contributed by atoms with E-state index in [4.69, 9.17) is 4.74 Å². The van der Waals surface area contributed by atoms with Crippen LogP contribution in [0.5, 0.6) is 0 Å². The molecule has 1 saturated heterocycles. The van der Waals surface area contributed by atoms with Crippen molar-refractivity contribution < 1.29 is 17.9 Å². The van der Waals surface area contributed by atoms with Gasteiger partial charge in [-0.25, -0.2) is 13.2 Å². The highest BCUT2D eigenvalue weighted by atomic mass is 32.2. The number of pyridine rings is 1. The van der Waals surface area contributed by atoms with E-state index in [1.807, 2.05) is 6.07 Å². The quantitative estimate of drug-likeness (QED) is 0.737. The lowest BCUT2D eigenvalue weighted by molar-refractivity contribution is 0.149. The van der Waals surface area contributed by atoms with Crippen molar-refractivity contribution in [1.29, 1.82) is 0 Å². The van der Waals surface area contributed by atoms with E-state index in [0.717, 1.165) is 18.4 Å². The zero-order chi connectivity index (χ0) is 20.0. The monoisotopic (exact) mass is 404 g/mol. The number of carbonyl (C=O) groups excluding carboxylic acids is 1. The minimum atomic E-state index is -3.58. The van der Waals surface area contributed by atoms with Crippen molar-refractivity contribution in [3.8, 4) is 0 Å². The number of nitrogens with one attached hydrogen (secondary N) is 2. The van der Waals surface area contributed by atoms with Gasteiger partial charge in [-0.3, -0.25) is 4.98 Å². The van der Waals surface area contributed by atoms with Crippen LogP contribution in [0.1, 0.15) is 18.4 Å². The molecule has 2 aromatic rings. The van der Waals surface area contributed by atoms with Gasteiger partial charge in [0, 0.05) is 44.3 Å². The van der Waals surface area contributed by atoms with Crippen LogP contribution >= 0.6 is 0 Å². The number of methoxy groups -OCH3 is 1. The Morgan fingerprint density at radius 3 is 2.75 bits per heavy atom. The highest BCUT2D eigenvalue weighted by Crippen LogP contribution is 2.27. The first-order valence-corrected chi connectivity index (χ1v) is 10.5. The zero-order valence-electron chi connectivity index (χ0n) is 15.7. The Labute approximate surface area is 165 Å². The van der Waals surface area contributed by atoms with Gasteiger partial charge in [0.2, 0.25) is 10.0 Å². The molecule has 9 heteroatoms. The minimum Gasteiger partial charge on any atom is -0.383 e. The molecule has 2 heterocycles. The summed E-state index contributed by atoms with van der Waals surface area (Å²) < 4.78 is 32.4. The van der Waals surface area contributed by atoms with E-state index in [1.165, 1.54) is 16.4 Å². The van der Waals surface area contributed by atoms with Crippen LogP contribution in [0.15, 0.2) is 53.7 Å². The summed E-state index contributed by atoms with van der Waals surface area (Å²) in [5, 5.41) is 5.42. The molecule has 2 amide bonds. The smallest absolute Gasteiger partial charge is 0.319 e. The topological polar surface area (TPSA) is 101 Å². The maximum atomic E-state index is 12.9. The number of rotatable bonds is 7. The van der Waals surface area contributed by atoms with E-state index in [-0.39, 0.29) is 17.0 Å². The van der Waals surface area contributed by atoms with Gasteiger partial charge in [-0.1, -0.05) is 6.07 Å². The Bertz CT molecular complexity index is 888. The predicted molar refractivity (Wildman–Crippen MR) is 105 cm³/mol. The number of nitrogens with zero attached hydrogens (tertiary/aromatic N) is 2. The van der Waals surface area contributed by atoms with Crippen molar-refractivity contribution in [3.05, 3.63) is 54.4 Å². The van der Waals surface area contributed by atoms with Gasteiger partial charge in [-0.15, -0.1) is 0 Å². The van der Waals surface area contributed by atoms with Crippen molar-refractivity contribution in [2.75, 3.05) is 25.6 Å².